The molecule has 0 saturated carbocycles. The number of nitrogens with one attached hydrogen (secondary N) is 2. The molecule has 8 heteroatoms. The fourth-order valence-corrected chi connectivity index (χ4v) is 2.53. The second-order valence-corrected chi connectivity index (χ2v) is 5.79. The quantitative estimate of drug-likeness (QED) is 0.864. The Balaban J connectivity index is 2.36. The molecule has 0 aliphatic heterocycles. The maximum absolute atomic E-state index is 12.1. The van der Waals surface area contributed by atoms with E-state index in [1.165, 1.54) is 6.20 Å². The zero-order valence-electron chi connectivity index (χ0n) is 10.6. The number of aromatic nitrogens is 4. The summed E-state index contributed by atoms with van der Waals surface area (Å²) >= 11 is 0. The van der Waals surface area contributed by atoms with Gasteiger partial charge in [-0.2, -0.15) is 13.5 Å². The SMILES string of the molecule is Cc1[nH]nc(NS(=O)(=O)c2cn(C)c(C)n2)c1C. The predicted molar refractivity (Wildman–Crippen MR) is 66.8 cm³/mol. The Morgan fingerprint density at radius 3 is 2.44 bits per heavy atom. The predicted octanol–water partition coefficient (Wildman–Crippen LogP) is 0.869. The first-order valence-electron chi connectivity index (χ1n) is 5.35. The van der Waals surface area contributed by atoms with Crippen LogP contribution in [0, 0.1) is 20.8 Å². The van der Waals surface area contributed by atoms with Gasteiger partial charge in [-0.05, 0) is 20.8 Å². The van der Waals surface area contributed by atoms with Crippen molar-refractivity contribution < 1.29 is 8.42 Å². The van der Waals surface area contributed by atoms with Gasteiger partial charge in [-0.15, -0.1) is 0 Å². The van der Waals surface area contributed by atoms with Gasteiger partial charge in [0.1, 0.15) is 5.82 Å². The summed E-state index contributed by atoms with van der Waals surface area (Å²) in [4.78, 5) is 3.99. The minimum atomic E-state index is -3.69. The maximum atomic E-state index is 12.1. The van der Waals surface area contributed by atoms with Gasteiger partial charge in [-0.1, -0.05) is 0 Å². The Hall–Kier alpha value is -1.83. The van der Waals surface area contributed by atoms with Crippen molar-refractivity contribution in [3.05, 3.63) is 23.3 Å². The molecule has 2 N–H and O–H groups in total. The van der Waals surface area contributed by atoms with Crippen molar-refractivity contribution in [2.45, 2.75) is 25.8 Å². The molecule has 0 unspecified atom stereocenters. The first kappa shape index (κ1) is 12.6. The molecule has 0 aliphatic rings. The number of H-pyrrole nitrogens is 1. The standard InChI is InChI=1S/C10H15N5O2S/c1-6-7(2)12-13-10(6)14-18(16,17)9-5-15(4)8(3)11-9/h5H,1-4H3,(H2,12,13,14). The lowest BCUT2D eigenvalue weighted by Gasteiger charge is -2.03. The van der Waals surface area contributed by atoms with Crippen LogP contribution in [0.25, 0.3) is 0 Å². The number of sulfonamides is 1. The Morgan fingerprint density at radius 1 is 1.33 bits per heavy atom. The summed E-state index contributed by atoms with van der Waals surface area (Å²) in [6.45, 7) is 5.36. The summed E-state index contributed by atoms with van der Waals surface area (Å²) in [7, 11) is -1.95. The third-order valence-corrected chi connectivity index (χ3v) is 4.06. The average Bonchev–Trinajstić information content (AvgIpc) is 2.77. The molecule has 2 rings (SSSR count). The lowest BCUT2D eigenvalue weighted by molar-refractivity contribution is 0.597. The van der Waals surface area contributed by atoms with Crippen molar-refractivity contribution in [2.75, 3.05) is 4.72 Å². The topological polar surface area (TPSA) is 92.7 Å². The van der Waals surface area contributed by atoms with E-state index in [9.17, 15) is 8.42 Å². The van der Waals surface area contributed by atoms with Crippen LogP contribution in [0.15, 0.2) is 11.2 Å². The van der Waals surface area contributed by atoms with Crippen LogP contribution in [0.5, 0.6) is 0 Å². The second kappa shape index (κ2) is 4.13. The number of nitrogens with zero attached hydrogens (tertiary/aromatic N) is 3. The number of hydrogen-bond acceptors (Lipinski definition) is 4. The number of aromatic amines is 1. The molecule has 0 saturated heterocycles. The Morgan fingerprint density at radius 2 is 2.00 bits per heavy atom. The van der Waals surface area contributed by atoms with Gasteiger partial charge in [0, 0.05) is 24.5 Å². The number of hydrogen-bond donors (Lipinski definition) is 2. The average molecular weight is 269 g/mol. The van der Waals surface area contributed by atoms with Crippen molar-refractivity contribution in [3.63, 3.8) is 0 Å². The molecular weight excluding hydrogens is 254 g/mol. The van der Waals surface area contributed by atoms with Crippen molar-refractivity contribution in [1.29, 1.82) is 0 Å². The van der Waals surface area contributed by atoms with E-state index in [1.54, 1.807) is 25.5 Å². The molecule has 7 nitrogen and oxygen atoms in total. The van der Waals surface area contributed by atoms with Crippen molar-refractivity contribution in [3.8, 4) is 0 Å². The van der Waals surface area contributed by atoms with E-state index in [4.69, 9.17) is 0 Å². The smallest absolute Gasteiger partial charge is 0.282 e. The van der Waals surface area contributed by atoms with Gasteiger partial charge < -0.3 is 4.57 Å². The Labute approximate surface area is 105 Å². The monoisotopic (exact) mass is 269 g/mol. The number of rotatable bonds is 3. The molecule has 0 fully saturated rings. The van der Waals surface area contributed by atoms with E-state index in [0.29, 0.717) is 11.6 Å². The molecule has 0 radical (unpaired) electrons. The van der Waals surface area contributed by atoms with E-state index < -0.39 is 10.0 Å². The molecule has 0 amide bonds. The van der Waals surface area contributed by atoms with Gasteiger partial charge in [0.25, 0.3) is 10.0 Å². The van der Waals surface area contributed by atoms with Crippen LogP contribution >= 0.6 is 0 Å². The van der Waals surface area contributed by atoms with E-state index in [2.05, 4.69) is 19.9 Å². The van der Waals surface area contributed by atoms with Crippen LogP contribution in [0.3, 0.4) is 0 Å². The van der Waals surface area contributed by atoms with Crippen LogP contribution in [0.4, 0.5) is 5.82 Å². The Kier molecular flexibility index (Phi) is 2.89. The lowest BCUT2D eigenvalue weighted by Crippen LogP contribution is -2.14. The van der Waals surface area contributed by atoms with Crippen LogP contribution in [-0.2, 0) is 17.1 Å². The van der Waals surface area contributed by atoms with Crippen molar-refractivity contribution >= 4 is 15.8 Å². The summed E-state index contributed by atoms with van der Waals surface area (Å²) < 4.78 is 28.2. The molecule has 2 heterocycles. The van der Waals surface area contributed by atoms with Crippen molar-refractivity contribution in [1.82, 2.24) is 19.7 Å². The van der Waals surface area contributed by atoms with Gasteiger partial charge in [0.2, 0.25) is 0 Å². The molecule has 0 aromatic carbocycles. The maximum Gasteiger partial charge on any atom is 0.282 e. The third-order valence-electron chi connectivity index (χ3n) is 2.85. The largest absolute Gasteiger partial charge is 0.337 e. The first-order valence-corrected chi connectivity index (χ1v) is 6.84. The van der Waals surface area contributed by atoms with Crippen LogP contribution in [0.1, 0.15) is 17.1 Å². The number of anilines is 1. The minimum Gasteiger partial charge on any atom is -0.337 e. The molecule has 0 spiro atoms. The van der Waals surface area contributed by atoms with Crippen LogP contribution in [-0.4, -0.2) is 28.2 Å². The molecule has 2 aromatic heterocycles. The molecule has 2 aromatic rings. The first-order chi connectivity index (χ1) is 8.31. The van der Waals surface area contributed by atoms with E-state index >= 15 is 0 Å². The van der Waals surface area contributed by atoms with Gasteiger partial charge in [-0.25, -0.2) is 4.98 Å². The summed E-state index contributed by atoms with van der Waals surface area (Å²) in [6.07, 6.45) is 1.46. The van der Waals surface area contributed by atoms with Gasteiger partial charge >= 0.3 is 0 Å². The molecule has 0 atom stereocenters. The second-order valence-electron chi connectivity index (χ2n) is 4.16. The molecule has 0 aliphatic carbocycles. The van der Waals surface area contributed by atoms with E-state index in [-0.39, 0.29) is 5.03 Å². The minimum absolute atomic E-state index is 0.0115. The summed E-state index contributed by atoms with van der Waals surface area (Å²) in [5, 5.41) is 6.62. The number of aryl methyl sites for hydroxylation is 3. The normalized spacial score (nSPS) is 11.8. The van der Waals surface area contributed by atoms with Crippen LogP contribution < -0.4 is 4.72 Å². The highest BCUT2D eigenvalue weighted by Crippen LogP contribution is 2.18. The zero-order chi connectivity index (χ0) is 13.5. The highest BCUT2D eigenvalue weighted by atomic mass is 32.2. The molecular formula is C10H15N5O2S. The highest BCUT2D eigenvalue weighted by Gasteiger charge is 2.21. The fraction of sp³-hybridized carbons (Fsp3) is 0.400. The van der Waals surface area contributed by atoms with Gasteiger partial charge in [0.05, 0.1) is 0 Å². The van der Waals surface area contributed by atoms with Gasteiger partial charge in [0.15, 0.2) is 10.8 Å². The number of imidazole rings is 1. The lowest BCUT2D eigenvalue weighted by atomic mass is 10.3. The van der Waals surface area contributed by atoms with Crippen molar-refractivity contribution in [2.24, 2.45) is 7.05 Å². The Bertz CT molecular complexity index is 664. The van der Waals surface area contributed by atoms with Crippen LogP contribution in [0.2, 0.25) is 0 Å². The summed E-state index contributed by atoms with van der Waals surface area (Å²) in [5.41, 5.74) is 1.59. The van der Waals surface area contributed by atoms with E-state index in [1.807, 2.05) is 6.92 Å². The molecule has 98 valence electrons. The highest BCUT2D eigenvalue weighted by molar-refractivity contribution is 7.92. The molecule has 18 heavy (non-hydrogen) atoms. The fourth-order valence-electron chi connectivity index (χ4n) is 1.42. The summed E-state index contributed by atoms with van der Waals surface area (Å²) in [5.74, 6) is 0.932. The third kappa shape index (κ3) is 2.10. The summed E-state index contributed by atoms with van der Waals surface area (Å²) in [6, 6.07) is 0. The van der Waals surface area contributed by atoms with E-state index in [0.717, 1.165) is 11.3 Å². The molecule has 0 bridgehead atoms. The van der Waals surface area contributed by atoms with Gasteiger partial charge in [-0.3, -0.25) is 9.82 Å². The zero-order valence-corrected chi connectivity index (χ0v) is 11.5.